The van der Waals surface area contributed by atoms with Gasteiger partial charge in [0.1, 0.15) is 5.82 Å². The van der Waals surface area contributed by atoms with E-state index in [2.05, 4.69) is 5.32 Å². The first-order valence-corrected chi connectivity index (χ1v) is 6.91. The average molecular weight is 294 g/mol. The molecule has 6 heteroatoms. The van der Waals surface area contributed by atoms with Gasteiger partial charge in [0.15, 0.2) is 5.54 Å². The number of carbonyl (C=O) groups is 2. The molecule has 2 rings (SSSR count). The van der Waals surface area contributed by atoms with Crippen LogP contribution < -0.4 is 5.32 Å². The van der Waals surface area contributed by atoms with E-state index >= 15 is 0 Å². The lowest BCUT2D eigenvalue weighted by molar-refractivity contribution is -0.158. The molecule has 1 amide bonds. The number of nitrogens with zero attached hydrogens (tertiary/aromatic N) is 1. The van der Waals surface area contributed by atoms with Crippen LogP contribution in [-0.4, -0.2) is 41.5 Å². The Morgan fingerprint density at radius 3 is 2.52 bits per heavy atom. The first-order valence-electron chi connectivity index (χ1n) is 6.91. The number of nitrogens with one attached hydrogen (secondary N) is 1. The minimum Gasteiger partial charge on any atom is -0.479 e. The molecular weight excluding hydrogens is 275 g/mol. The van der Waals surface area contributed by atoms with Crippen molar-refractivity contribution < 1.29 is 19.1 Å². The second-order valence-corrected chi connectivity index (χ2v) is 5.28. The zero-order chi connectivity index (χ0) is 15.6. The van der Waals surface area contributed by atoms with Crippen LogP contribution in [0.15, 0.2) is 24.3 Å². The van der Waals surface area contributed by atoms with Crippen molar-refractivity contribution in [3.63, 3.8) is 0 Å². The van der Waals surface area contributed by atoms with E-state index in [1.54, 1.807) is 14.0 Å². The van der Waals surface area contributed by atoms with Crippen molar-refractivity contribution in [1.29, 1.82) is 0 Å². The molecule has 0 aromatic heterocycles. The largest absolute Gasteiger partial charge is 0.479 e. The van der Waals surface area contributed by atoms with E-state index in [1.165, 1.54) is 29.2 Å². The van der Waals surface area contributed by atoms with Crippen LogP contribution in [0.3, 0.4) is 0 Å². The van der Waals surface area contributed by atoms with Crippen molar-refractivity contribution in [3.8, 4) is 0 Å². The van der Waals surface area contributed by atoms with Crippen LogP contribution in [0.4, 0.5) is 4.39 Å². The number of halogens is 1. The third-order valence-electron chi connectivity index (χ3n) is 4.13. The summed E-state index contributed by atoms with van der Waals surface area (Å²) in [5.74, 6) is -1.77. The molecular formula is C15H19FN2O3. The third kappa shape index (κ3) is 2.51. The number of hydrogen-bond acceptors (Lipinski definition) is 3. The van der Waals surface area contributed by atoms with E-state index in [9.17, 15) is 19.1 Å². The van der Waals surface area contributed by atoms with Gasteiger partial charge in [0, 0.05) is 6.54 Å². The summed E-state index contributed by atoms with van der Waals surface area (Å²) in [4.78, 5) is 25.8. The minimum atomic E-state index is -1.41. The predicted octanol–water partition coefficient (Wildman–Crippen LogP) is 1.34. The van der Waals surface area contributed by atoms with Gasteiger partial charge in [-0.25, -0.2) is 9.18 Å². The first kappa shape index (κ1) is 15.4. The highest BCUT2D eigenvalue weighted by Gasteiger charge is 2.51. The maximum atomic E-state index is 13.1. The highest BCUT2D eigenvalue weighted by atomic mass is 19.1. The molecule has 21 heavy (non-hydrogen) atoms. The number of aliphatic carboxylic acids is 1. The fourth-order valence-corrected chi connectivity index (χ4v) is 2.85. The van der Waals surface area contributed by atoms with Crippen LogP contribution in [0.5, 0.6) is 0 Å². The van der Waals surface area contributed by atoms with Crippen LogP contribution in [-0.2, 0) is 15.1 Å². The van der Waals surface area contributed by atoms with Crippen molar-refractivity contribution in [2.75, 3.05) is 13.6 Å². The quantitative estimate of drug-likeness (QED) is 0.879. The lowest BCUT2D eigenvalue weighted by atomic mass is 9.86. The van der Waals surface area contributed by atoms with Gasteiger partial charge in [-0.15, -0.1) is 0 Å². The van der Waals surface area contributed by atoms with E-state index in [0.717, 1.165) is 0 Å². The molecule has 1 fully saturated rings. The third-order valence-corrected chi connectivity index (χ3v) is 4.13. The summed E-state index contributed by atoms with van der Waals surface area (Å²) in [6.45, 7) is 2.08. The number of likely N-dealkylation sites (tertiary alicyclic amines) is 1. The Kier molecular flexibility index (Phi) is 4.27. The average Bonchev–Trinajstić information content (AvgIpc) is 2.92. The Hall–Kier alpha value is -1.95. The van der Waals surface area contributed by atoms with Crippen molar-refractivity contribution in [2.24, 2.45) is 0 Å². The highest BCUT2D eigenvalue weighted by Crippen LogP contribution is 2.39. The summed E-state index contributed by atoms with van der Waals surface area (Å²) in [7, 11) is 1.65. The number of carbonyl (C=O) groups excluding carboxylic acids is 1. The van der Waals surface area contributed by atoms with E-state index in [4.69, 9.17) is 0 Å². The molecule has 0 saturated carbocycles. The number of likely N-dealkylation sites (N-methyl/N-ethyl adjacent to an activating group) is 1. The molecule has 114 valence electrons. The normalized spacial score (nSPS) is 23.1. The molecule has 2 N–H and O–H groups in total. The predicted molar refractivity (Wildman–Crippen MR) is 75.2 cm³/mol. The molecule has 5 nitrogen and oxygen atoms in total. The summed E-state index contributed by atoms with van der Waals surface area (Å²) in [6.07, 6.45) is 0.933. The molecule has 1 aliphatic heterocycles. The Balaban J connectivity index is 2.48. The van der Waals surface area contributed by atoms with Crippen molar-refractivity contribution in [3.05, 3.63) is 35.6 Å². The number of rotatable bonds is 4. The van der Waals surface area contributed by atoms with Crippen molar-refractivity contribution in [1.82, 2.24) is 10.2 Å². The highest BCUT2D eigenvalue weighted by molar-refractivity contribution is 5.91. The number of carboxylic acid groups (broad SMARTS) is 1. The lowest BCUT2D eigenvalue weighted by Gasteiger charge is -2.36. The van der Waals surface area contributed by atoms with Gasteiger partial charge in [0.2, 0.25) is 5.91 Å². The molecule has 1 aromatic carbocycles. The van der Waals surface area contributed by atoms with E-state index < -0.39 is 23.4 Å². The number of carboxylic acids is 1. The molecule has 0 radical (unpaired) electrons. The van der Waals surface area contributed by atoms with Crippen LogP contribution in [0.1, 0.15) is 25.3 Å². The van der Waals surface area contributed by atoms with Gasteiger partial charge in [-0.05, 0) is 44.5 Å². The van der Waals surface area contributed by atoms with Gasteiger partial charge < -0.3 is 15.3 Å². The lowest BCUT2D eigenvalue weighted by Crippen LogP contribution is -2.55. The zero-order valence-corrected chi connectivity index (χ0v) is 12.1. The second kappa shape index (κ2) is 5.81. The molecule has 1 aliphatic rings. The number of benzene rings is 1. The second-order valence-electron chi connectivity index (χ2n) is 5.28. The Bertz CT molecular complexity index is 546. The van der Waals surface area contributed by atoms with Crippen LogP contribution in [0.2, 0.25) is 0 Å². The topological polar surface area (TPSA) is 69.6 Å². The minimum absolute atomic E-state index is 0.262. The summed E-state index contributed by atoms with van der Waals surface area (Å²) in [5.41, 5.74) is -0.971. The Labute approximate surface area is 122 Å². The van der Waals surface area contributed by atoms with E-state index in [0.29, 0.717) is 24.9 Å². The van der Waals surface area contributed by atoms with E-state index in [-0.39, 0.29) is 5.91 Å². The maximum Gasteiger partial charge on any atom is 0.334 e. The SMILES string of the molecule is CN[C@@H](C)C(=O)N1CCC[C@]1(C(=O)O)c1ccc(F)cc1. The van der Waals surface area contributed by atoms with Crippen molar-refractivity contribution >= 4 is 11.9 Å². The fraction of sp³-hybridized carbons (Fsp3) is 0.467. The number of amides is 1. The van der Waals surface area contributed by atoms with Crippen LogP contribution in [0, 0.1) is 5.82 Å². The summed E-state index contributed by atoms with van der Waals surface area (Å²) in [5, 5.41) is 12.6. The first-order chi connectivity index (χ1) is 9.93. The van der Waals surface area contributed by atoms with Gasteiger partial charge in [-0.3, -0.25) is 4.79 Å². The molecule has 2 atom stereocenters. The summed E-state index contributed by atoms with van der Waals surface area (Å²) < 4.78 is 13.1. The smallest absolute Gasteiger partial charge is 0.334 e. The summed E-state index contributed by atoms with van der Waals surface area (Å²) >= 11 is 0. The Morgan fingerprint density at radius 2 is 2.00 bits per heavy atom. The molecule has 1 heterocycles. The van der Waals surface area contributed by atoms with Gasteiger partial charge in [0.25, 0.3) is 0 Å². The fourth-order valence-electron chi connectivity index (χ4n) is 2.85. The molecule has 1 saturated heterocycles. The molecule has 0 bridgehead atoms. The van der Waals surface area contributed by atoms with Crippen LogP contribution >= 0.6 is 0 Å². The van der Waals surface area contributed by atoms with E-state index in [1.807, 2.05) is 0 Å². The van der Waals surface area contributed by atoms with Gasteiger partial charge in [-0.1, -0.05) is 12.1 Å². The van der Waals surface area contributed by atoms with Gasteiger partial charge >= 0.3 is 5.97 Å². The maximum absolute atomic E-state index is 13.1. The monoisotopic (exact) mass is 294 g/mol. The molecule has 0 aliphatic carbocycles. The van der Waals surface area contributed by atoms with Gasteiger partial charge in [-0.2, -0.15) is 0 Å². The van der Waals surface area contributed by atoms with Gasteiger partial charge in [0.05, 0.1) is 6.04 Å². The number of hydrogen-bond donors (Lipinski definition) is 2. The molecule has 0 unspecified atom stereocenters. The zero-order valence-electron chi connectivity index (χ0n) is 12.1. The van der Waals surface area contributed by atoms with Crippen LogP contribution in [0.25, 0.3) is 0 Å². The molecule has 0 spiro atoms. The van der Waals surface area contributed by atoms with Crippen molar-refractivity contribution in [2.45, 2.75) is 31.3 Å². The summed E-state index contributed by atoms with van der Waals surface area (Å²) in [6, 6.07) is 4.87. The standard InChI is InChI=1S/C15H19FN2O3/c1-10(17-2)13(19)18-9-3-8-15(18,14(20)21)11-4-6-12(16)7-5-11/h4-7,10,17H,3,8-9H2,1-2H3,(H,20,21)/t10-,15+/m0/s1. The Morgan fingerprint density at radius 1 is 1.38 bits per heavy atom. The molecule has 1 aromatic rings.